The molecule has 4 atom stereocenters. The molecule has 2 aliphatic heterocycles. The Hall–Kier alpha value is -5.35. The van der Waals surface area contributed by atoms with Gasteiger partial charge < -0.3 is 25.6 Å². The number of aromatic nitrogens is 5. The van der Waals surface area contributed by atoms with Crippen molar-refractivity contribution in [3.8, 4) is 11.1 Å². The van der Waals surface area contributed by atoms with E-state index in [0.717, 1.165) is 11.1 Å². The highest BCUT2D eigenvalue weighted by molar-refractivity contribution is 9.10. The Morgan fingerprint density at radius 1 is 1.04 bits per heavy atom. The van der Waals surface area contributed by atoms with Crippen LogP contribution in [0.2, 0.25) is 0 Å². The molecule has 7 rings (SSSR count). The molecular formula is C37H38BrN9O6. The number of amides is 4. The van der Waals surface area contributed by atoms with E-state index in [9.17, 15) is 24.0 Å². The fourth-order valence-corrected chi connectivity index (χ4v) is 7.56. The van der Waals surface area contributed by atoms with Crippen LogP contribution in [0.1, 0.15) is 55.0 Å². The number of benzene rings is 1. The molecular weight excluding hydrogens is 746 g/mol. The Morgan fingerprint density at radius 3 is 2.58 bits per heavy atom. The molecule has 1 unspecified atom stereocenters. The molecule has 16 heteroatoms. The number of nitrogens with one attached hydrogen (secondary N) is 3. The Balaban J connectivity index is 1.20. The number of likely N-dealkylation sites (tertiary alicyclic amines) is 1. The lowest BCUT2D eigenvalue weighted by Gasteiger charge is -2.27. The van der Waals surface area contributed by atoms with Crippen LogP contribution in [-0.2, 0) is 37.1 Å². The molecule has 0 radical (unpaired) electrons. The first-order chi connectivity index (χ1) is 25.4. The molecule has 1 aliphatic carbocycles. The number of ether oxygens (including phenoxy) is 1. The summed E-state index contributed by atoms with van der Waals surface area (Å²) in [5.74, 6) is -0.817. The van der Waals surface area contributed by atoms with E-state index in [1.807, 2.05) is 12.1 Å². The van der Waals surface area contributed by atoms with Crippen LogP contribution < -0.4 is 16.0 Å². The number of ketones is 1. The predicted octanol–water partition coefficient (Wildman–Crippen LogP) is 3.26. The van der Waals surface area contributed by atoms with Crippen LogP contribution in [0.5, 0.6) is 0 Å². The number of hydrogen-bond acceptors (Lipinski definition) is 10. The van der Waals surface area contributed by atoms with Gasteiger partial charge in [0.1, 0.15) is 40.6 Å². The van der Waals surface area contributed by atoms with Crippen LogP contribution in [0.15, 0.2) is 59.5 Å². The second-order valence-corrected chi connectivity index (χ2v) is 14.6. The summed E-state index contributed by atoms with van der Waals surface area (Å²) in [6, 6.07) is 7.00. The minimum absolute atomic E-state index is 0.138. The van der Waals surface area contributed by atoms with Gasteiger partial charge in [-0.2, -0.15) is 5.10 Å². The molecule has 2 bridgehead atoms. The number of nitrogens with zero attached hydrogens (tertiary/aromatic N) is 6. The van der Waals surface area contributed by atoms with Crippen LogP contribution in [0.25, 0.3) is 22.0 Å². The number of aryl methyl sites for hydroxylation is 1. The number of piperidine rings is 1. The second-order valence-electron chi connectivity index (χ2n) is 13.7. The average Bonchev–Trinajstić information content (AvgIpc) is 3.54. The molecule has 1 aromatic carbocycles. The summed E-state index contributed by atoms with van der Waals surface area (Å²) < 4.78 is 7.83. The molecule has 3 N–H and O–H groups in total. The van der Waals surface area contributed by atoms with Gasteiger partial charge in [-0.3, -0.25) is 28.7 Å². The fourth-order valence-electron chi connectivity index (χ4n) is 7.25. The van der Waals surface area contributed by atoms with Crippen molar-refractivity contribution >= 4 is 62.1 Å². The summed E-state index contributed by atoms with van der Waals surface area (Å²) in [5.41, 5.74) is 2.44. The van der Waals surface area contributed by atoms with Gasteiger partial charge in [-0.05, 0) is 65.9 Å². The molecule has 1 saturated carbocycles. The average molecular weight is 785 g/mol. The highest BCUT2D eigenvalue weighted by Crippen LogP contribution is 2.59. The van der Waals surface area contributed by atoms with Crippen LogP contribution in [0, 0.1) is 12.3 Å². The molecule has 1 saturated heterocycles. The number of carbonyl (C=O) groups excluding carboxylic acids is 5. The Morgan fingerprint density at radius 2 is 1.83 bits per heavy atom. The van der Waals surface area contributed by atoms with E-state index in [0.29, 0.717) is 45.6 Å². The fraction of sp³-hybridized carbons (Fsp3) is 0.378. The first kappa shape index (κ1) is 36.0. The second kappa shape index (κ2) is 14.6. The minimum atomic E-state index is -0.890. The summed E-state index contributed by atoms with van der Waals surface area (Å²) in [5, 5.41) is 13.8. The van der Waals surface area contributed by atoms with Gasteiger partial charge in [-0.15, -0.1) is 0 Å². The third kappa shape index (κ3) is 7.46. The normalized spacial score (nSPS) is 23.0. The van der Waals surface area contributed by atoms with E-state index in [1.54, 1.807) is 54.6 Å². The molecule has 3 aromatic heterocycles. The van der Waals surface area contributed by atoms with Crippen LogP contribution in [-0.4, -0.2) is 90.3 Å². The van der Waals surface area contributed by atoms with E-state index in [2.05, 4.69) is 51.9 Å². The molecule has 4 aromatic rings. The summed E-state index contributed by atoms with van der Waals surface area (Å²) in [6.07, 6.45) is 8.08. The van der Waals surface area contributed by atoms with Crippen molar-refractivity contribution in [1.82, 2.24) is 40.3 Å². The lowest BCUT2D eigenvalue weighted by Crippen LogP contribution is -2.47. The molecule has 274 valence electrons. The van der Waals surface area contributed by atoms with E-state index < -0.39 is 23.4 Å². The standard InChI is InChI=1S/C37H38BrN9O6/c1-20(48)33-26-12-23(25-15-39-21(2)40-16-25)7-9-28(26)46(45-33)17-32(50)47-29-13-37(14-30(37)47)19-41-35(51)27(42-22(3)49)6-4-5-11-53-18-24-8-10-31(38)43-34(24)44-36(29)52/h4-5,7-10,12,15-16,27,29-30H,6,11,13-14,17-19H2,1-3H3,(H,41,51)(H,42,49)(H,43,44,52)/t27-,29-,30?,37-/m0/s1. The van der Waals surface area contributed by atoms with Crippen molar-refractivity contribution in [3.05, 3.63) is 76.6 Å². The summed E-state index contributed by atoms with van der Waals surface area (Å²) in [4.78, 5) is 81.2. The number of halogens is 1. The zero-order valence-electron chi connectivity index (χ0n) is 29.4. The number of Topliss-reactive ketones (excluding diaryl/α,β-unsaturated/α-hetero) is 1. The smallest absolute Gasteiger partial charge is 0.248 e. The van der Waals surface area contributed by atoms with Gasteiger partial charge >= 0.3 is 0 Å². The van der Waals surface area contributed by atoms with Gasteiger partial charge in [0, 0.05) is 60.8 Å². The zero-order valence-corrected chi connectivity index (χ0v) is 31.0. The first-order valence-electron chi connectivity index (χ1n) is 17.3. The highest BCUT2D eigenvalue weighted by atomic mass is 79.9. The molecule has 53 heavy (non-hydrogen) atoms. The molecule has 2 fully saturated rings. The monoisotopic (exact) mass is 783 g/mol. The Labute approximate surface area is 313 Å². The lowest BCUT2D eigenvalue weighted by atomic mass is 9.98. The van der Waals surface area contributed by atoms with Crippen LogP contribution in [0.4, 0.5) is 5.82 Å². The van der Waals surface area contributed by atoms with E-state index >= 15 is 0 Å². The van der Waals surface area contributed by atoms with Gasteiger partial charge in [0.25, 0.3) is 0 Å². The third-order valence-corrected chi connectivity index (χ3v) is 10.4. The van der Waals surface area contributed by atoms with Gasteiger partial charge in [-0.1, -0.05) is 24.3 Å². The summed E-state index contributed by atoms with van der Waals surface area (Å²) in [6.45, 7) is 4.91. The maximum atomic E-state index is 14.4. The SMILES string of the molecule is CC(=O)N[C@H]1CC=CCOCc2ccc(Br)nc2NC(=O)[C@@H]2C[C@@]3(CNC1=O)CC3N2C(=O)Cn1nc(C(C)=O)c2cc(-c3cnc(C)nc3)ccc21. The third-order valence-electron chi connectivity index (χ3n) is 10.00. The minimum Gasteiger partial charge on any atom is -0.373 e. The molecule has 1 spiro atoms. The molecule has 5 heterocycles. The van der Waals surface area contributed by atoms with Crippen molar-refractivity contribution < 1.29 is 28.7 Å². The number of anilines is 1. The number of fused-ring (bicyclic) bond motifs is 3. The molecule has 15 nitrogen and oxygen atoms in total. The number of hydrogen-bond donors (Lipinski definition) is 3. The molecule has 3 aliphatic rings. The predicted molar refractivity (Wildman–Crippen MR) is 196 cm³/mol. The van der Waals surface area contributed by atoms with Crippen molar-refractivity contribution in [2.24, 2.45) is 5.41 Å². The van der Waals surface area contributed by atoms with Gasteiger partial charge in [0.2, 0.25) is 23.6 Å². The van der Waals surface area contributed by atoms with Gasteiger partial charge in [-0.25, -0.2) is 15.0 Å². The van der Waals surface area contributed by atoms with Gasteiger partial charge in [0.15, 0.2) is 5.78 Å². The van der Waals surface area contributed by atoms with E-state index in [1.165, 1.54) is 18.5 Å². The Bertz CT molecular complexity index is 2170. The van der Waals surface area contributed by atoms with E-state index in [4.69, 9.17) is 4.74 Å². The largest absolute Gasteiger partial charge is 0.373 e. The summed E-state index contributed by atoms with van der Waals surface area (Å²) in [7, 11) is 0. The van der Waals surface area contributed by atoms with Crippen molar-refractivity contribution in [2.75, 3.05) is 18.5 Å². The summed E-state index contributed by atoms with van der Waals surface area (Å²) >= 11 is 3.39. The number of pyridine rings is 1. The topological polar surface area (TPSA) is 190 Å². The lowest BCUT2D eigenvalue weighted by molar-refractivity contribution is -0.138. The van der Waals surface area contributed by atoms with Crippen molar-refractivity contribution in [2.45, 2.75) is 71.3 Å². The number of carbonyl (C=O) groups is 5. The highest BCUT2D eigenvalue weighted by Gasteiger charge is 2.67. The van der Waals surface area contributed by atoms with Crippen molar-refractivity contribution in [1.29, 1.82) is 0 Å². The Kier molecular flexibility index (Phi) is 9.91. The number of rotatable bonds is 5. The van der Waals surface area contributed by atoms with Crippen LogP contribution >= 0.6 is 15.9 Å². The van der Waals surface area contributed by atoms with E-state index in [-0.39, 0.29) is 68.0 Å². The maximum Gasteiger partial charge on any atom is 0.248 e. The zero-order chi connectivity index (χ0) is 37.4. The van der Waals surface area contributed by atoms with Crippen LogP contribution in [0.3, 0.4) is 0 Å². The maximum absolute atomic E-state index is 14.4. The van der Waals surface area contributed by atoms with Crippen molar-refractivity contribution in [3.63, 3.8) is 0 Å². The quantitative estimate of drug-likeness (QED) is 0.154. The first-order valence-corrected chi connectivity index (χ1v) is 18.1. The molecule has 4 amide bonds. The van der Waals surface area contributed by atoms with Gasteiger partial charge in [0.05, 0.1) is 18.7 Å².